The Labute approximate surface area is 157 Å². The second kappa shape index (κ2) is 6.09. The average Bonchev–Trinajstić information content (AvgIpc) is 3.27. The standard InChI is InChI=1S/C21H21N3O3/c22-19-24-21(14-26-19)17-11-15(16-5-2-1-3-9-23-12-16)6-7-18(17)25-13-20(21)8-4-10-27-20/h1-3,5-7,9,11-12H,4,8,10,13-14H2,(H2,22,24)/b2-1+,3-1?,5-2?,9-3+,16-5?,16-12?,23-9?,23-12?. The monoisotopic (exact) mass is 363 g/mol. The molecule has 4 aliphatic heterocycles. The normalized spacial score (nSPS) is 33.5. The number of benzene rings is 1. The van der Waals surface area contributed by atoms with Crippen LogP contribution in [0.3, 0.4) is 0 Å². The van der Waals surface area contributed by atoms with E-state index in [0.29, 0.717) is 19.8 Å². The Balaban J connectivity index is 1.66. The highest BCUT2D eigenvalue weighted by molar-refractivity contribution is 6.10. The molecule has 0 saturated carbocycles. The van der Waals surface area contributed by atoms with Crippen LogP contribution >= 0.6 is 0 Å². The van der Waals surface area contributed by atoms with E-state index >= 15 is 0 Å². The SMILES string of the molecule is NC1=NC2(CO1)c1cc(C3=C/C=C/C=C/N=C3)ccc1OCC21CCCO1. The van der Waals surface area contributed by atoms with Crippen molar-refractivity contribution in [3.8, 4) is 5.75 Å². The molecule has 1 fully saturated rings. The summed E-state index contributed by atoms with van der Waals surface area (Å²) >= 11 is 0. The van der Waals surface area contributed by atoms with E-state index in [0.717, 1.165) is 35.3 Å². The van der Waals surface area contributed by atoms with E-state index in [1.54, 1.807) is 6.20 Å². The first-order valence-corrected chi connectivity index (χ1v) is 9.19. The zero-order valence-electron chi connectivity index (χ0n) is 14.9. The first-order valence-electron chi connectivity index (χ1n) is 9.19. The Morgan fingerprint density at radius 2 is 2.04 bits per heavy atom. The Morgan fingerprint density at radius 1 is 1.07 bits per heavy atom. The van der Waals surface area contributed by atoms with Gasteiger partial charge in [-0.15, -0.1) is 0 Å². The van der Waals surface area contributed by atoms with Crippen molar-refractivity contribution in [1.29, 1.82) is 0 Å². The molecule has 1 saturated heterocycles. The Kier molecular flexibility index (Phi) is 3.68. The number of fused-ring (bicyclic) bond motifs is 3. The van der Waals surface area contributed by atoms with Crippen LogP contribution in [0.2, 0.25) is 0 Å². The molecule has 0 radical (unpaired) electrons. The van der Waals surface area contributed by atoms with Gasteiger partial charge in [-0.3, -0.25) is 4.99 Å². The van der Waals surface area contributed by atoms with Gasteiger partial charge in [-0.25, -0.2) is 4.99 Å². The first-order chi connectivity index (χ1) is 13.2. The predicted octanol–water partition coefficient (Wildman–Crippen LogP) is 2.71. The topological polar surface area (TPSA) is 78.4 Å². The summed E-state index contributed by atoms with van der Waals surface area (Å²) in [6.07, 6.45) is 13.4. The maximum absolute atomic E-state index is 6.22. The molecule has 0 amide bonds. The lowest BCUT2D eigenvalue weighted by molar-refractivity contribution is -0.105. The maximum Gasteiger partial charge on any atom is 0.283 e. The molecule has 0 aromatic heterocycles. The van der Waals surface area contributed by atoms with Gasteiger partial charge >= 0.3 is 0 Å². The molecule has 6 nitrogen and oxygen atoms in total. The van der Waals surface area contributed by atoms with Crippen molar-refractivity contribution in [3.63, 3.8) is 0 Å². The minimum absolute atomic E-state index is 0.211. The Morgan fingerprint density at radius 3 is 2.85 bits per heavy atom. The maximum atomic E-state index is 6.22. The van der Waals surface area contributed by atoms with Gasteiger partial charge in [0.2, 0.25) is 0 Å². The quantitative estimate of drug-likeness (QED) is 0.832. The fourth-order valence-corrected chi connectivity index (χ4v) is 4.32. The van der Waals surface area contributed by atoms with Gasteiger partial charge in [-0.1, -0.05) is 24.3 Å². The largest absolute Gasteiger partial charge is 0.490 e. The van der Waals surface area contributed by atoms with Crippen molar-refractivity contribution >= 4 is 17.8 Å². The average molecular weight is 363 g/mol. The third kappa shape index (κ3) is 2.44. The molecule has 5 rings (SSSR count). The van der Waals surface area contributed by atoms with Crippen molar-refractivity contribution < 1.29 is 14.2 Å². The van der Waals surface area contributed by atoms with Crippen molar-refractivity contribution in [2.75, 3.05) is 19.8 Å². The van der Waals surface area contributed by atoms with E-state index < -0.39 is 11.1 Å². The molecule has 0 bridgehead atoms. The summed E-state index contributed by atoms with van der Waals surface area (Å²) in [5, 5.41) is 0. The molecule has 1 aromatic rings. The van der Waals surface area contributed by atoms with Gasteiger partial charge in [0.15, 0.2) is 5.54 Å². The molecule has 2 atom stereocenters. The number of rotatable bonds is 1. The van der Waals surface area contributed by atoms with Crippen LogP contribution in [0.1, 0.15) is 24.0 Å². The number of nitrogens with zero attached hydrogens (tertiary/aromatic N) is 2. The van der Waals surface area contributed by atoms with Crippen LogP contribution in [0.4, 0.5) is 0 Å². The molecule has 0 aliphatic carbocycles. The van der Waals surface area contributed by atoms with Crippen molar-refractivity contribution in [3.05, 3.63) is 59.8 Å². The molecular weight excluding hydrogens is 342 g/mol. The second-order valence-corrected chi connectivity index (χ2v) is 7.17. The molecule has 138 valence electrons. The highest BCUT2D eigenvalue weighted by Crippen LogP contribution is 2.53. The smallest absolute Gasteiger partial charge is 0.283 e. The lowest BCUT2D eigenvalue weighted by atomic mass is 9.72. The van der Waals surface area contributed by atoms with Gasteiger partial charge in [-0.05, 0) is 42.2 Å². The zero-order valence-corrected chi connectivity index (χ0v) is 14.9. The van der Waals surface area contributed by atoms with Crippen LogP contribution in [0.5, 0.6) is 5.75 Å². The van der Waals surface area contributed by atoms with E-state index in [2.05, 4.69) is 11.1 Å². The number of hydrogen-bond acceptors (Lipinski definition) is 6. The summed E-state index contributed by atoms with van der Waals surface area (Å²) in [6, 6.07) is 6.36. The van der Waals surface area contributed by atoms with E-state index in [1.165, 1.54) is 0 Å². The van der Waals surface area contributed by atoms with Crippen molar-refractivity contribution in [2.45, 2.75) is 24.0 Å². The van der Waals surface area contributed by atoms with Gasteiger partial charge in [0.25, 0.3) is 6.02 Å². The first kappa shape index (κ1) is 16.3. The number of allylic oxidation sites excluding steroid dienone is 5. The summed E-state index contributed by atoms with van der Waals surface area (Å²) in [6.45, 7) is 1.52. The third-order valence-electron chi connectivity index (χ3n) is 5.69. The molecule has 2 unspecified atom stereocenters. The van der Waals surface area contributed by atoms with Crippen LogP contribution in [0.15, 0.2) is 58.7 Å². The fraction of sp³-hybridized carbons (Fsp3) is 0.333. The number of hydrogen-bond donors (Lipinski definition) is 1. The van der Waals surface area contributed by atoms with E-state index in [1.807, 2.05) is 42.7 Å². The van der Waals surface area contributed by atoms with Crippen LogP contribution in [-0.2, 0) is 15.0 Å². The van der Waals surface area contributed by atoms with Crippen LogP contribution in [0, 0.1) is 0 Å². The number of ether oxygens (including phenoxy) is 3. The van der Waals surface area contributed by atoms with Crippen molar-refractivity contribution in [2.24, 2.45) is 15.7 Å². The van der Waals surface area contributed by atoms with E-state index in [-0.39, 0.29) is 6.02 Å². The van der Waals surface area contributed by atoms with Crippen LogP contribution in [-0.4, -0.2) is 37.7 Å². The highest BCUT2D eigenvalue weighted by atomic mass is 16.6. The number of aliphatic imine (C=N–C) groups is 2. The molecule has 6 heteroatoms. The van der Waals surface area contributed by atoms with E-state index in [9.17, 15) is 0 Å². The summed E-state index contributed by atoms with van der Waals surface area (Å²) in [5.74, 6) is 0.806. The van der Waals surface area contributed by atoms with Gasteiger partial charge in [0, 0.05) is 24.6 Å². The minimum Gasteiger partial charge on any atom is -0.490 e. The fourth-order valence-electron chi connectivity index (χ4n) is 4.32. The molecule has 2 spiro atoms. The summed E-state index contributed by atoms with van der Waals surface area (Å²) < 4.78 is 18.0. The molecule has 2 N–H and O–H groups in total. The molecule has 4 heterocycles. The lowest BCUT2D eigenvalue weighted by Gasteiger charge is -2.46. The van der Waals surface area contributed by atoms with Crippen LogP contribution < -0.4 is 10.5 Å². The molecule has 4 aliphatic rings. The molecular formula is C21H21N3O3. The molecule has 27 heavy (non-hydrogen) atoms. The number of amidine groups is 1. The van der Waals surface area contributed by atoms with Gasteiger partial charge in [-0.2, -0.15) is 0 Å². The predicted molar refractivity (Wildman–Crippen MR) is 104 cm³/mol. The molecule has 1 aromatic carbocycles. The Bertz CT molecular complexity index is 923. The number of nitrogens with two attached hydrogens (primary N) is 1. The highest BCUT2D eigenvalue weighted by Gasteiger charge is 2.62. The minimum atomic E-state index is -0.674. The van der Waals surface area contributed by atoms with E-state index in [4.69, 9.17) is 24.9 Å². The van der Waals surface area contributed by atoms with Crippen LogP contribution in [0.25, 0.3) is 5.57 Å². The van der Waals surface area contributed by atoms with Crippen molar-refractivity contribution in [1.82, 2.24) is 0 Å². The lowest BCUT2D eigenvalue weighted by Crippen LogP contribution is -2.57. The Hall–Kier alpha value is -2.86. The van der Waals surface area contributed by atoms with Gasteiger partial charge in [0.05, 0.1) is 0 Å². The van der Waals surface area contributed by atoms with Gasteiger partial charge in [0.1, 0.15) is 24.6 Å². The summed E-state index contributed by atoms with van der Waals surface area (Å²) in [5.41, 5.74) is 7.75. The summed E-state index contributed by atoms with van der Waals surface area (Å²) in [7, 11) is 0. The zero-order chi connectivity index (χ0) is 18.3. The third-order valence-corrected chi connectivity index (χ3v) is 5.69. The summed E-state index contributed by atoms with van der Waals surface area (Å²) in [4.78, 5) is 9.08. The van der Waals surface area contributed by atoms with Gasteiger partial charge < -0.3 is 19.9 Å². The second-order valence-electron chi connectivity index (χ2n) is 7.17.